The molecule has 0 aromatic carbocycles. The van der Waals surface area contributed by atoms with Crippen LogP contribution in [0.25, 0.3) is 0 Å². The van der Waals surface area contributed by atoms with Crippen molar-refractivity contribution in [2.75, 3.05) is 12.3 Å². The second-order valence-electron chi connectivity index (χ2n) is 11.6. The first-order valence-electron chi connectivity index (χ1n) is 10.9. The Kier molecular flexibility index (Phi) is 7.80. The topological polar surface area (TPSA) is 88.6 Å². The zero-order valence-corrected chi connectivity index (χ0v) is 24.5. The van der Waals surface area contributed by atoms with E-state index in [-0.39, 0.29) is 22.5 Å². The van der Waals surface area contributed by atoms with Crippen LogP contribution < -0.4 is 11.4 Å². The van der Waals surface area contributed by atoms with Crippen LogP contribution in [0.4, 0.5) is 5.82 Å². The van der Waals surface area contributed by atoms with Crippen LogP contribution in [0.15, 0.2) is 17.1 Å². The van der Waals surface area contributed by atoms with E-state index in [1.54, 1.807) is 0 Å². The molecule has 2 heterocycles. The first-order chi connectivity index (χ1) is 14.2. The van der Waals surface area contributed by atoms with Gasteiger partial charge < -0.3 is 19.3 Å². The molecule has 0 radical (unpaired) electrons. The zero-order chi connectivity index (χ0) is 24.9. The number of ether oxygens (including phenoxy) is 1. The van der Waals surface area contributed by atoms with Gasteiger partial charge in [-0.25, -0.2) is 4.79 Å². The highest BCUT2D eigenvalue weighted by molar-refractivity contribution is 6.74. The van der Waals surface area contributed by atoms with Crippen molar-refractivity contribution >= 4 is 45.7 Å². The van der Waals surface area contributed by atoms with Gasteiger partial charge in [-0.1, -0.05) is 64.7 Å². The Morgan fingerprint density at radius 2 is 1.66 bits per heavy atom. The number of nitrogens with zero attached hydrogens (tertiary/aromatic N) is 2. The van der Waals surface area contributed by atoms with Crippen LogP contribution in [0.5, 0.6) is 0 Å². The van der Waals surface area contributed by atoms with E-state index in [1.807, 2.05) is 0 Å². The van der Waals surface area contributed by atoms with Gasteiger partial charge in [0.15, 0.2) is 27.2 Å². The monoisotopic (exact) mass is 523 g/mol. The maximum Gasteiger partial charge on any atom is 0.351 e. The molecule has 2 rings (SSSR count). The molecule has 0 bridgehead atoms. The van der Waals surface area contributed by atoms with Crippen LogP contribution in [-0.2, 0) is 13.6 Å². The van der Waals surface area contributed by atoms with Crippen LogP contribution >= 0.6 is 23.2 Å². The second-order valence-corrected chi connectivity index (χ2v) is 22.6. The molecular weight excluding hydrogens is 485 g/mol. The summed E-state index contributed by atoms with van der Waals surface area (Å²) in [7, 11) is -4.35. The minimum Gasteiger partial charge on any atom is -0.414 e. The van der Waals surface area contributed by atoms with Gasteiger partial charge in [0, 0.05) is 6.20 Å². The average Bonchev–Trinajstić information content (AvgIpc) is 2.82. The van der Waals surface area contributed by atoms with Crippen molar-refractivity contribution in [1.82, 2.24) is 9.55 Å². The minimum absolute atomic E-state index is 0.0254. The summed E-state index contributed by atoms with van der Waals surface area (Å²) in [6.45, 7) is 21.8. The van der Waals surface area contributed by atoms with Crippen molar-refractivity contribution in [1.29, 1.82) is 0 Å². The van der Waals surface area contributed by atoms with E-state index in [0.717, 1.165) is 0 Å². The smallest absolute Gasteiger partial charge is 0.351 e. The van der Waals surface area contributed by atoms with Crippen molar-refractivity contribution in [3.8, 4) is 0 Å². The van der Waals surface area contributed by atoms with E-state index in [0.29, 0.717) is 0 Å². The summed E-state index contributed by atoms with van der Waals surface area (Å²) in [5, 5.41) is -0.0446. The lowest BCUT2D eigenvalue weighted by atomic mass is 10.2. The van der Waals surface area contributed by atoms with Crippen LogP contribution in [0, 0.1) is 0 Å². The summed E-state index contributed by atoms with van der Waals surface area (Å²) in [4.78, 5) is 16.3. The lowest BCUT2D eigenvalue weighted by Gasteiger charge is -2.42. The molecule has 2 N–H and O–H groups in total. The first-order valence-corrected chi connectivity index (χ1v) is 17.5. The van der Waals surface area contributed by atoms with Gasteiger partial charge in [0.25, 0.3) is 0 Å². The van der Waals surface area contributed by atoms with Crippen molar-refractivity contribution in [2.45, 2.75) is 101 Å². The maximum absolute atomic E-state index is 12.5. The van der Waals surface area contributed by atoms with Gasteiger partial charge in [-0.3, -0.25) is 4.57 Å². The third kappa shape index (κ3) is 5.62. The largest absolute Gasteiger partial charge is 0.414 e. The summed E-state index contributed by atoms with van der Waals surface area (Å²) in [5.41, 5.74) is 5.06. The zero-order valence-electron chi connectivity index (χ0n) is 21.0. The van der Waals surface area contributed by atoms with Crippen molar-refractivity contribution in [3.63, 3.8) is 0 Å². The quantitative estimate of drug-likeness (QED) is 0.401. The number of nitrogens with two attached hydrogens (primary N) is 1. The van der Waals surface area contributed by atoms with Crippen molar-refractivity contribution < 1.29 is 13.6 Å². The molecule has 0 aliphatic carbocycles. The van der Waals surface area contributed by atoms with E-state index in [4.69, 9.17) is 42.5 Å². The first kappa shape index (κ1) is 27.8. The number of alkyl halides is 2. The van der Waals surface area contributed by atoms with Crippen LogP contribution in [0.1, 0.15) is 47.8 Å². The number of rotatable bonds is 6. The summed E-state index contributed by atoms with van der Waals surface area (Å²) in [6, 6.07) is 1.51. The average molecular weight is 525 g/mol. The number of hydrogen-bond acceptors (Lipinski definition) is 6. The molecule has 0 amide bonds. The Labute approximate surface area is 204 Å². The standard InChI is InChI=1S/C21H39Cl2N3O4Si2/c1-19(2,3)31(7,8)28-13-14-16(30-32(9,10)20(4,5)6)21(22,23)17(29-14)26-12-11-15(24)25-18(26)27/h11-12,14,16-17H,13H2,1-10H3,(H2,24,25,27)/t14-,16-,17-/m1/s1. The number of nitrogen functional groups attached to an aromatic ring is 1. The van der Waals surface area contributed by atoms with Gasteiger partial charge in [0.2, 0.25) is 0 Å². The fourth-order valence-electron chi connectivity index (χ4n) is 2.85. The molecular formula is C21H39Cl2N3O4Si2. The van der Waals surface area contributed by atoms with E-state index in [9.17, 15) is 4.79 Å². The lowest BCUT2D eigenvalue weighted by Crippen LogP contribution is -2.52. The maximum atomic E-state index is 12.5. The molecule has 1 aromatic heterocycles. The molecule has 7 nitrogen and oxygen atoms in total. The van der Waals surface area contributed by atoms with Crippen molar-refractivity contribution in [2.24, 2.45) is 0 Å². The summed E-state index contributed by atoms with van der Waals surface area (Å²) in [6.07, 6.45) is -0.738. The molecule has 0 saturated carbocycles. The number of hydrogen-bond donors (Lipinski definition) is 1. The van der Waals surface area contributed by atoms with E-state index < -0.39 is 45.1 Å². The van der Waals surface area contributed by atoms with Gasteiger partial charge in [-0.2, -0.15) is 4.98 Å². The molecule has 3 atom stereocenters. The summed E-state index contributed by atoms with van der Waals surface area (Å²) >= 11 is 13.8. The minimum atomic E-state index is -2.28. The number of anilines is 1. The molecule has 184 valence electrons. The fraction of sp³-hybridized carbons (Fsp3) is 0.810. The Bertz CT molecular complexity index is 879. The Morgan fingerprint density at radius 1 is 1.12 bits per heavy atom. The SMILES string of the molecule is CC(C)(C)[Si](C)(C)OC[C@H]1O[C@@H](n2ccc(N)nc2=O)C(Cl)(Cl)[C@@H]1O[Si](C)(C)C(C)(C)C. The summed E-state index contributed by atoms with van der Waals surface area (Å²) in [5.74, 6) is 0.117. The Balaban J connectivity index is 2.45. The molecule has 1 aliphatic rings. The highest BCUT2D eigenvalue weighted by atomic mass is 35.5. The normalized spacial score (nSPS) is 24.7. The van der Waals surface area contributed by atoms with E-state index in [1.165, 1.54) is 16.8 Å². The Morgan fingerprint density at radius 3 is 2.12 bits per heavy atom. The number of aromatic nitrogens is 2. The van der Waals surface area contributed by atoms with Crippen LogP contribution in [0.2, 0.25) is 36.3 Å². The highest BCUT2D eigenvalue weighted by Gasteiger charge is 2.59. The van der Waals surface area contributed by atoms with E-state index >= 15 is 0 Å². The molecule has 0 unspecified atom stereocenters. The molecule has 1 fully saturated rings. The van der Waals surface area contributed by atoms with Crippen LogP contribution in [-0.4, -0.2) is 49.3 Å². The fourth-order valence-corrected chi connectivity index (χ4v) is 6.03. The third-order valence-electron chi connectivity index (χ3n) is 7.10. The van der Waals surface area contributed by atoms with Gasteiger partial charge in [-0.05, 0) is 42.3 Å². The summed E-state index contributed by atoms with van der Waals surface area (Å²) < 4.78 is 19.1. The molecule has 0 spiro atoms. The molecule has 1 aromatic rings. The number of halogens is 2. The predicted octanol–water partition coefficient (Wildman–Crippen LogP) is 5.31. The predicted molar refractivity (Wildman–Crippen MR) is 136 cm³/mol. The highest BCUT2D eigenvalue weighted by Crippen LogP contribution is 2.51. The molecule has 32 heavy (non-hydrogen) atoms. The third-order valence-corrected chi connectivity index (χ3v) is 16.9. The van der Waals surface area contributed by atoms with Crippen LogP contribution in [0.3, 0.4) is 0 Å². The van der Waals surface area contributed by atoms with Gasteiger partial charge in [-0.15, -0.1) is 0 Å². The lowest BCUT2D eigenvalue weighted by molar-refractivity contribution is -0.0415. The van der Waals surface area contributed by atoms with Gasteiger partial charge >= 0.3 is 5.69 Å². The Hall–Kier alpha value is -0.426. The van der Waals surface area contributed by atoms with Crippen molar-refractivity contribution in [3.05, 3.63) is 22.7 Å². The van der Waals surface area contributed by atoms with Gasteiger partial charge in [0.05, 0.1) is 6.61 Å². The van der Waals surface area contributed by atoms with E-state index in [2.05, 4.69) is 72.7 Å². The second kappa shape index (κ2) is 8.98. The molecule has 1 saturated heterocycles. The molecule has 11 heteroatoms. The van der Waals surface area contributed by atoms with Gasteiger partial charge in [0.1, 0.15) is 18.0 Å². The molecule has 1 aliphatic heterocycles.